The third-order valence-corrected chi connectivity index (χ3v) is 10.4. The second kappa shape index (κ2) is 20.0. The van der Waals surface area contributed by atoms with Crippen LogP contribution in [0.2, 0.25) is 0 Å². The highest BCUT2D eigenvalue weighted by Gasteiger charge is 2.19. The molecule has 59 heavy (non-hydrogen) atoms. The summed E-state index contributed by atoms with van der Waals surface area (Å²) in [6, 6.07) is 40.1. The van der Waals surface area contributed by atoms with E-state index in [9.17, 15) is 9.59 Å². The van der Waals surface area contributed by atoms with Gasteiger partial charge in [-0.2, -0.15) is 10.2 Å². The topological polar surface area (TPSA) is 235 Å². The highest BCUT2D eigenvalue weighted by atomic mass is 32.3. The quantitative estimate of drug-likeness (QED) is 0.143. The Hall–Kier alpha value is -6.23. The molecule has 2 amide bonds. The summed E-state index contributed by atoms with van der Waals surface area (Å²) in [4.78, 5) is 23.1. The van der Waals surface area contributed by atoms with Crippen molar-refractivity contribution in [2.45, 2.75) is 37.5 Å². The van der Waals surface area contributed by atoms with Crippen LogP contribution in [0.15, 0.2) is 134 Å². The lowest BCUT2D eigenvalue weighted by atomic mass is 9.92. The third kappa shape index (κ3) is 11.9. The summed E-state index contributed by atoms with van der Waals surface area (Å²) in [5.41, 5.74) is 17.9. The van der Waals surface area contributed by atoms with Crippen LogP contribution >= 0.6 is 0 Å². The number of aromatic nitrogens is 4. The van der Waals surface area contributed by atoms with Gasteiger partial charge in [0, 0.05) is 45.4 Å². The molecule has 2 aliphatic rings. The molecule has 15 heteroatoms. The zero-order valence-electron chi connectivity index (χ0n) is 32.5. The molecule has 2 atom stereocenters. The lowest BCUT2D eigenvalue weighted by Crippen LogP contribution is -2.86. The molecule has 0 bridgehead atoms. The van der Waals surface area contributed by atoms with Crippen molar-refractivity contribution < 1.29 is 37.7 Å². The number of carbonyl (C=O) groups excluding carboxylic acids is 2. The summed E-state index contributed by atoms with van der Waals surface area (Å²) in [5, 5.41) is 15.7. The molecule has 9 rings (SSSR count). The smallest absolute Gasteiger partial charge is 0.250 e. The van der Waals surface area contributed by atoms with Crippen molar-refractivity contribution >= 4 is 44.0 Å². The van der Waals surface area contributed by atoms with E-state index in [4.69, 9.17) is 29.0 Å². The lowest BCUT2D eigenvalue weighted by molar-refractivity contribution is -0.665. The van der Waals surface area contributed by atoms with E-state index >= 15 is 0 Å². The predicted octanol–water partition coefficient (Wildman–Crippen LogP) is 3.48. The van der Waals surface area contributed by atoms with Gasteiger partial charge in [-0.15, -0.1) is 0 Å². The van der Waals surface area contributed by atoms with Crippen LogP contribution in [0.3, 0.4) is 0 Å². The van der Waals surface area contributed by atoms with Gasteiger partial charge in [-0.3, -0.25) is 18.0 Å². The van der Waals surface area contributed by atoms with Gasteiger partial charge in [-0.05, 0) is 73.2 Å². The zero-order chi connectivity index (χ0) is 41.8. The maximum Gasteiger partial charge on any atom is 0.250 e. The molecular weight excluding hydrogens is 769 g/mol. The summed E-state index contributed by atoms with van der Waals surface area (Å²) >= 11 is 0. The van der Waals surface area contributed by atoms with Crippen molar-refractivity contribution in [2.24, 2.45) is 11.5 Å². The molecule has 0 aliphatic carbocycles. The predicted molar refractivity (Wildman–Crippen MR) is 223 cm³/mol. The van der Waals surface area contributed by atoms with Gasteiger partial charge in [0.1, 0.15) is 11.0 Å². The second-order valence-corrected chi connectivity index (χ2v) is 15.2. The van der Waals surface area contributed by atoms with Gasteiger partial charge in [0.05, 0.1) is 48.7 Å². The first-order valence-corrected chi connectivity index (χ1v) is 20.8. The number of fused-ring (bicyclic) bond motifs is 2. The Morgan fingerprint density at radius 2 is 0.932 bits per heavy atom. The van der Waals surface area contributed by atoms with E-state index in [2.05, 4.69) is 69.4 Å². The SMILES string of the molecule is NC(=O)c1cccc2cn(-c3ccc([C@@H]4CCC[NH2+]C4)cc3)nc12.NC(=O)c1cccc2cn(-c3ccc([C@@H]4CCC[NH2+]C4)cc3)nc12.O=S(=O)([O-])[O-].c1ccccc1. The molecule has 0 spiro atoms. The number of amides is 2. The second-order valence-electron chi connectivity index (χ2n) is 14.4. The maximum atomic E-state index is 11.6. The highest BCUT2D eigenvalue weighted by Crippen LogP contribution is 2.26. The van der Waals surface area contributed by atoms with E-state index < -0.39 is 22.2 Å². The number of hydrogen-bond donors (Lipinski definition) is 4. The number of rotatable bonds is 6. The number of nitrogens with two attached hydrogens (primary N) is 4. The third-order valence-electron chi connectivity index (χ3n) is 10.4. The number of piperidine rings is 2. The number of benzene rings is 5. The van der Waals surface area contributed by atoms with Gasteiger partial charge >= 0.3 is 0 Å². The fourth-order valence-corrected chi connectivity index (χ4v) is 7.43. The van der Waals surface area contributed by atoms with Crippen LogP contribution in [0.25, 0.3) is 33.2 Å². The number of quaternary nitrogens is 2. The highest BCUT2D eigenvalue weighted by molar-refractivity contribution is 7.79. The molecule has 306 valence electrons. The fraction of sp³-hybridized carbons (Fsp3) is 0.227. The zero-order valence-corrected chi connectivity index (χ0v) is 33.3. The number of nitrogens with zero attached hydrogens (tertiary/aromatic N) is 4. The Morgan fingerprint density at radius 3 is 1.24 bits per heavy atom. The van der Waals surface area contributed by atoms with Gasteiger partial charge in [-0.25, -0.2) is 9.36 Å². The van der Waals surface area contributed by atoms with Crippen molar-refractivity contribution in [3.8, 4) is 11.4 Å². The summed E-state index contributed by atoms with van der Waals surface area (Å²) in [6.45, 7) is 4.84. The Kier molecular flexibility index (Phi) is 14.3. The number of hydrogen-bond acceptors (Lipinski definition) is 8. The first-order valence-electron chi connectivity index (χ1n) is 19.5. The van der Waals surface area contributed by atoms with E-state index in [1.165, 1.54) is 63.0 Å². The number of carbonyl (C=O) groups is 2. The molecule has 7 aromatic rings. The monoisotopic (exact) mass is 816 g/mol. The van der Waals surface area contributed by atoms with Crippen molar-refractivity contribution in [1.29, 1.82) is 0 Å². The van der Waals surface area contributed by atoms with Gasteiger partial charge in [0.25, 0.3) is 11.8 Å². The Bertz CT molecular complexity index is 2380. The van der Waals surface area contributed by atoms with Crippen LogP contribution in [-0.4, -0.2) is 75.1 Å². The molecule has 5 aromatic carbocycles. The van der Waals surface area contributed by atoms with E-state index in [1.54, 1.807) is 12.1 Å². The molecule has 2 saturated heterocycles. The molecule has 2 aliphatic heterocycles. The lowest BCUT2D eigenvalue weighted by Gasteiger charge is -2.20. The van der Waals surface area contributed by atoms with Crippen molar-refractivity contribution in [2.75, 3.05) is 26.2 Å². The Morgan fingerprint density at radius 1 is 0.576 bits per heavy atom. The van der Waals surface area contributed by atoms with Crippen LogP contribution in [0, 0.1) is 0 Å². The van der Waals surface area contributed by atoms with Crippen molar-refractivity contribution in [1.82, 2.24) is 19.6 Å². The Balaban J connectivity index is 0.000000158. The molecule has 4 heterocycles. The van der Waals surface area contributed by atoms with E-state index in [0.717, 1.165) is 22.1 Å². The van der Waals surface area contributed by atoms with Crippen molar-refractivity contribution in [3.05, 3.63) is 156 Å². The normalized spacial score (nSPS) is 16.4. The first kappa shape index (κ1) is 42.4. The molecule has 2 aromatic heterocycles. The Labute approximate surface area is 342 Å². The van der Waals surface area contributed by atoms with Crippen LogP contribution in [0.5, 0.6) is 0 Å². The summed E-state index contributed by atoms with van der Waals surface area (Å²) in [6.07, 6.45) is 8.98. The van der Waals surface area contributed by atoms with E-state index in [-0.39, 0.29) is 0 Å². The fourth-order valence-electron chi connectivity index (χ4n) is 7.43. The van der Waals surface area contributed by atoms with Crippen LogP contribution < -0.4 is 22.1 Å². The molecule has 14 nitrogen and oxygen atoms in total. The molecule has 8 N–H and O–H groups in total. The standard InChI is InChI=1S/2C19H20N4O.C6H6.H2O4S/c2*20-19(24)17-5-1-3-15-12-23(22-18(15)17)16-8-6-13(7-9-16)14-4-2-10-21-11-14;1-2-4-6-5-3-1;1-5(2,3)4/h2*1,3,5-9,12,14,21H,2,4,10-11H2,(H2,20,24);1-6H;(H2,1,2,3,4)/t2*14-;;/m11../s1. The summed E-state index contributed by atoms with van der Waals surface area (Å²) < 4.78 is 37.7. The van der Waals surface area contributed by atoms with Crippen LogP contribution in [0.4, 0.5) is 0 Å². The average molecular weight is 817 g/mol. The van der Waals surface area contributed by atoms with Crippen LogP contribution in [-0.2, 0) is 10.4 Å². The minimum atomic E-state index is -5.17. The molecule has 0 radical (unpaired) electrons. The molecule has 2 fully saturated rings. The molecule has 0 saturated carbocycles. The van der Waals surface area contributed by atoms with Crippen LogP contribution in [0.1, 0.15) is 69.4 Å². The minimum Gasteiger partial charge on any atom is -0.759 e. The largest absolute Gasteiger partial charge is 0.759 e. The van der Waals surface area contributed by atoms with E-state index in [1.807, 2.05) is 82.4 Å². The average Bonchev–Trinajstić information content (AvgIpc) is 3.90. The molecule has 0 unspecified atom stereocenters. The minimum absolute atomic E-state index is 0.449. The van der Waals surface area contributed by atoms with Gasteiger partial charge < -0.3 is 31.2 Å². The first-order chi connectivity index (χ1) is 28.4. The van der Waals surface area contributed by atoms with Gasteiger partial charge in [0.15, 0.2) is 0 Å². The summed E-state index contributed by atoms with van der Waals surface area (Å²) in [5.74, 6) is 0.390. The molecular formula is C44H48N8O6S. The van der Waals surface area contributed by atoms with Gasteiger partial charge in [0.2, 0.25) is 0 Å². The van der Waals surface area contributed by atoms with E-state index in [0.29, 0.717) is 34.0 Å². The summed E-state index contributed by atoms with van der Waals surface area (Å²) in [7, 11) is -5.17. The van der Waals surface area contributed by atoms with Crippen molar-refractivity contribution in [3.63, 3.8) is 0 Å². The number of primary amides is 2. The maximum absolute atomic E-state index is 11.6. The van der Waals surface area contributed by atoms with Gasteiger partial charge in [-0.1, -0.05) is 84.9 Å².